The Morgan fingerprint density at radius 3 is 2.74 bits per heavy atom. The fourth-order valence-corrected chi connectivity index (χ4v) is 3.60. The second-order valence-electron chi connectivity index (χ2n) is 5.69. The molecule has 0 aliphatic rings. The molecule has 0 atom stereocenters. The summed E-state index contributed by atoms with van der Waals surface area (Å²) in [4.78, 5) is 9.81. The normalized spacial score (nSPS) is 10.8. The van der Waals surface area contributed by atoms with E-state index in [1.54, 1.807) is 20.3 Å². The van der Waals surface area contributed by atoms with Crippen LogP contribution in [0, 0.1) is 6.92 Å². The fraction of sp³-hybridized carbons (Fsp3) is 0.263. The van der Waals surface area contributed by atoms with Crippen LogP contribution in [0.5, 0.6) is 11.5 Å². The first-order valence-electron chi connectivity index (χ1n) is 8.30. The summed E-state index contributed by atoms with van der Waals surface area (Å²) in [6.45, 7) is 2.86. The largest absolute Gasteiger partial charge is 0.493 e. The van der Waals surface area contributed by atoms with Gasteiger partial charge in [-0.05, 0) is 31.2 Å². The van der Waals surface area contributed by atoms with E-state index in [4.69, 9.17) is 19.4 Å². The third-order valence-electron chi connectivity index (χ3n) is 3.97. The molecule has 0 unspecified atom stereocenters. The molecule has 0 amide bonds. The number of anilines is 1. The predicted octanol–water partition coefficient (Wildman–Crippen LogP) is 3.92. The first-order chi connectivity index (χ1) is 13.2. The Morgan fingerprint density at radius 1 is 1.15 bits per heavy atom. The molecule has 0 aliphatic heterocycles. The van der Waals surface area contributed by atoms with Crippen LogP contribution in [0.4, 0.5) is 5.69 Å². The average molecular weight is 387 g/mol. The number of hydrogen-bond donors (Lipinski definition) is 2. The van der Waals surface area contributed by atoms with Gasteiger partial charge in [0.05, 0.1) is 24.9 Å². The van der Waals surface area contributed by atoms with E-state index in [9.17, 15) is 0 Å². The van der Waals surface area contributed by atoms with Gasteiger partial charge in [-0.15, -0.1) is 0 Å². The summed E-state index contributed by atoms with van der Waals surface area (Å²) in [7, 11) is 3.24. The maximum atomic E-state index is 9.10. The number of aryl methyl sites for hydroxylation is 1. The molecule has 0 fully saturated rings. The number of aromatic nitrogens is 2. The maximum absolute atomic E-state index is 9.10. The van der Waals surface area contributed by atoms with Gasteiger partial charge in [-0.25, -0.2) is 9.97 Å². The molecule has 3 rings (SSSR count). The van der Waals surface area contributed by atoms with Gasteiger partial charge in [-0.1, -0.05) is 17.8 Å². The first kappa shape index (κ1) is 19.2. The number of ether oxygens (including phenoxy) is 3. The highest BCUT2D eigenvalue weighted by Crippen LogP contribution is 2.40. The average Bonchev–Trinajstić information content (AvgIpc) is 2.70. The van der Waals surface area contributed by atoms with E-state index >= 15 is 0 Å². The lowest BCUT2D eigenvalue weighted by Crippen LogP contribution is -2.07. The minimum absolute atomic E-state index is 0.423. The Labute approximate surface area is 161 Å². The second kappa shape index (κ2) is 8.90. The zero-order valence-electron chi connectivity index (χ0n) is 15.4. The van der Waals surface area contributed by atoms with E-state index in [1.807, 2.05) is 31.2 Å². The standard InChI is InChI=1S/C19H21N3O4S/c1-12-17-15(10-16(25-3)18(12)26-8-7-24-2)19(21-11-20-17)27-14-6-4-5-13(9-14)22-23/h4-6,9-11,22-23H,7-8H2,1-3H3. The van der Waals surface area contributed by atoms with Crippen LogP contribution < -0.4 is 15.0 Å². The smallest absolute Gasteiger partial charge is 0.166 e. The molecule has 1 aromatic heterocycles. The van der Waals surface area contributed by atoms with E-state index in [2.05, 4.69) is 15.4 Å². The Hall–Kier alpha value is -2.55. The number of fused-ring (bicyclic) bond motifs is 1. The van der Waals surface area contributed by atoms with Gasteiger partial charge in [0.15, 0.2) is 11.5 Å². The van der Waals surface area contributed by atoms with Crippen molar-refractivity contribution in [1.82, 2.24) is 9.97 Å². The van der Waals surface area contributed by atoms with Crippen molar-refractivity contribution in [3.05, 3.63) is 42.2 Å². The van der Waals surface area contributed by atoms with Crippen molar-refractivity contribution >= 4 is 28.4 Å². The summed E-state index contributed by atoms with van der Waals surface area (Å²) in [6, 6.07) is 9.31. The van der Waals surface area contributed by atoms with Crippen molar-refractivity contribution in [1.29, 1.82) is 0 Å². The molecule has 0 bridgehead atoms. The Bertz CT molecular complexity index is 936. The molecule has 0 spiro atoms. The summed E-state index contributed by atoms with van der Waals surface area (Å²) in [5.41, 5.74) is 4.46. The second-order valence-corrected chi connectivity index (χ2v) is 6.75. The lowest BCUT2D eigenvalue weighted by molar-refractivity contribution is 0.144. The lowest BCUT2D eigenvalue weighted by Gasteiger charge is -2.16. The molecule has 142 valence electrons. The summed E-state index contributed by atoms with van der Waals surface area (Å²) in [5, 5.41) is 10.8. The lowest BCUT2D eigenvalue weighted by atomic mass is 10.1. The van der Waals surface area contributed by atoms with Crippen LogP contribution in [0.2, 0.25) is 0 Å². The molecule has 0 aliphatic carbocycles. The Morgan fingerprint density at radius 2 is 2.00 bits per heavy atom. The van der Waals surface area contributed by atoms with Crippen LogP contribution in [-0.4, -0.2) is 42.6 Å². The molecule has 0 saturated heterocycles. The molecular formula is C19H21N3O4S. The number of benzene rings is 2. The van der Waals surface area contributed by atoms with Crippen LogP contribution in [0.25, 0.3) is 10.9 Å². The first-order valence-corrected chi connectivity index (χ1v) is 9.11. The highest BCUT2D eigenvalue weighted by molar-refractivity contribution is 7.99. The molecule has 7 nitrogen and oxygen atoms in total. The van der Waals surface area contributed by atoms with E-state index in [1.165, 1.54) is 18.1 Å². The van der Waals surface area contributed by atoms with Crippen molar-refractivity contribution in [2.45, 2.75) is 16.8 Å². The van der Waals surface area contributed by atoms with Gasteiger partial charge in [0.25, 0.3) is 0 Å². The minimum Gasteiger partial charge on any atom is -0.493 e. The highest BCUT2D eigenvalue weighted by atomic mass is 32.2. The van der Waals surface area contributed by atoms with Crippen molar-refractivity contribution in [3.63, 3.8) is 0 Å². The minimum atomic E-state index is 0.423. The van der Waals surface area contributed by atoms with Gasteiger partial charge in [0.2, 0.25) is 0 Å². The van der Waals surface area contributed by atoms with Crippen LogP contribution in [0.3, 0.4) is 0 Å². The van der Waals surface area contributed by atoms with Crippen LogP contribution >= 0.6 is 11.8 Å². The van der Waals surface area contributed by atoms with Gasteiger partial charge in [0, 0.05) is 23.0 Å². The van der Waals surface area contributed by atoms with Crippen molar-refractivity contribution in [2.75, 3.05) is 32.9 Å². The van der Waals surface area contributed by atoms with Crippen LogP contribution in [-0.2, 0) is 4.74 Å². The SMILES string of the molecule is COCCOc1c(OC)cc2c(Sc3cccc(NO)c3)ncnc2c1C. The molecular weight excluding hydrogens is 366 g/mol. The van der Waals surface area contributed by atoms with Crippen molar-refractivity contribution in [2.24, 2.45) is 0 Å². The Balaban J connectivity index is 2.03. The molecule has 0 radical (unpaired) electrons. The van der Waals surface area contributed by atoms with Gasteiger partial charge in [0.1, 0.15) is 18.0 Å². The molecule has 2 aromatic carbocycles. The molecule has 1 heterocycles. The molecule has 8 heteroatoms. The number of nitrogens with one attached hydrogen (secondary N) is 1. The topological polar surface area (TPSA) is 85.7 Å². The zero-order chi connectivity index (χ0) is 19.2. The van der Waals surface area contributed by atoms with Gasteiger partial charge < -0.3 is 14.2 Å². The quantitative estimate of drug-likeness (QED) is 0.342. The van der Waals surface area contributed by atoms with E-state index in [0.717, 1.165) is 26.4 Å². The highest BCUT2D eigenvalue weighted by Gasteiger charge is 2.17. The summed E-state index contributed by atoms with van der Waals surface area (Å²) >= 11 is 1.48. The van der Waals surface area contributed by atoms with Gasteiger partial charge in [-0.3, -0.25) is 10.7 Å². The van der Waals surface area contributed by atoms with Crippen LogP contribution in [0.1, 0.15) is 5.56 Å². The van der Waals surface area contributed by atoms with E-state index in [0.29, 0.717) is 30.4 Å². The number of hydrogen-bond acceptors (Lipinski definition) is 8. The third-order valence-corrected chi connectivity index (χ3v) is 4.98. The van der Waals surface area contributed by atoms with Crippen molar-refractivity contribution < 1.29 is 19.4 Å². The van der Waals surface area contributed by atoms with Gasteiger partial charge >= 0.3 is 0 Å². The molecule has 27 heavy (non-hydrogen) atoms. The number of nitrogens with zero attached hydrogens (tertiary/aromatic N) is 2. The molecule has 3 aromatic rings. The van der Waals surface area contributed by atoms with Gasteiger partial charge in [-0.2, -0.15) is 0 Å². The summed E-state index contributed by atoms with van der Waals surface area (Å²) in [5.74, 6) is 1.28. The summed E-state index contributed by atoms with van der Waals surface area (Å²) in [6.07, 6.45) is 1.54. The summed E-state index contributed by atoms with van der Waals surface area (Å²) < 4.78 is 16.4. The van der Waals surface area contributed by atoms with E-state index < -0.39 is 0 Å². The fourth-order valence-electron chi connectivity index (χ4n) is 2.68. The van der Waals surface area contributed by atoms with Crippen LogP contribution in [0.15, 0.2) is 46.6 Å². The molecule has 2 N–H and O–H groups in total. The maximum Gasteiger partial charge on any atom is 0.166 e. The monoisotopic (exact) mass is 387 g/mol. The van der Waals surface area contributed by atoms with E-state index in [-0.39, 0.29) is 0 Å². The third kappa shape index (κ3) is 4.24. The number of methoxy groups -OCH3 is 2. The number of rotatable bonds is 8. The molecule has 0 saturated carbocycles. The predicted molar refractivity (Wildman–Crippen MR) is 104 cm³/mol. The zero-order valence-corrected chi connectivity index (χ0v) is 16.2. The van der Waals surface area contributed by atoms with Crippen molar-refractivity contribution in [3.8, 4) is 11.5 Å². The Kier molecular flexibility index (Phi) is 6.33.